The third kappa shape index (κ3) is 6.79. The number of rotatable bonds is 7. The zero-order valence-corrected chi connectivity index (χ0v) is 24.2. The Hall–Kier alpha value is -4.93. The van der Waals surface area contributed by atoms with Gasteiger partial charge in [0, 0.05) is 12.0 Å². The molecule has 0 saturated carbocycles. The second-order valence-electron chi connectivity index (χ2n) is 10.6. The first-order valence-electron chi connectivity index (χ1n) is 14.0. The first-order valence-corrected chi connectivity index (χ1v) is 14.0. The molecule has 0 spiro atoms. The molecule has 0 aliphatic rings. The van der Waals surface area contributed by atoms with E-state index in [2.05, 4.69) is 0 Å². The first-order chi connectivity index (χ1) is 22.2. The Labute approximate surface area is 261 Å². The lowest BCUT2D eigenvalue weighted by Gasteiger charge is -2.14. The second-order valence-corrected chi connectivity index (χ2v) is 10.6. The van der Waals surface area contributed by atoms with Gasteiger partial charge in [0.15, 0.2) is 5.83 Å². The Bertz CT molecular complexity index is 1920. The van der Waals surface area contributed by atoms with Crippen LogP contribution in [0.4, 0.5) is 48.3 Å². The van der Waals surface area contributed by atoms with E-state index in [1.54, 1.807) is 43.3 Å². The summed E-state index contributed by atoms with van der Waals surface area (Å²) < 4.78 is 155. The molecule has 0 aromatic heterocycles. The van der Waals surface area contributed by atoms with Gasteiger partial charge >= 0.3 is 6.18 Å². The molecule has 5 aromatic rings. The Balaban J connectivity index is 1.42. The standard InChI is InChI=1S/C36H21F11/c1-2-3-25(37)35(44)21-10-8-19(9-11-21)18-4-6-20(7-5-18)22-12-26(38)32(27(39)13-22)23-14-28(40)33(29(41)15-23)24-16-30(42)34(31(43)17-24)36(45,46)47/h4-17H,2-3H2,1H3. The third-order valence-corrected chi connectivity index (χ3v) is 7.38. The molecule has 0 N–H and O–H groups in total. The average molecular weight is 663 g/mol. The summed E-state index contributed by atoms with van der Waals surface area (Å²) in [6.45, 7) is 1.73. The highest BCUT2D eigenvalue weighted by Gasteiger charge is 2.38. The number of hydrogen-bond acceptors (Lipinski definition) is 0. The van der Waals surface area contributed by atoms with Crippen molar-refractivity contribution >= 4 is 5.83 Å². The van der Waals surface area contributed by atoms with Gasteiger partial charge in [-0.1, -0.05) is 55.5 Å². The van der Waals surface area contributed by atoms with Crippen LogP contribution in [0.25, 0.3) is 50.3 Å². The van der Waals surface area contributed by atoms with E-state index in [-0.39, 0.29) is 29.7 Å². The van der Waals surface area contributed by atoms with Crippen LogP contribution in [0.2, 0.25) is 0 Å². The van der Waals surface area contributed by atoms with Crippen LogP contribution in [0.5, 0.6) is 0 Å². The zero-order valence-electron chi connectivity index (χ0n) is 24.2. The molecule has 242 valence electrons. The van der Waals surface area contributed by atoms with Gasteiger partial charge in [0.05, 0.1) is 11.1 Å². The molecule has 0 heterocycles. The topological polar surface area (TPSA) is 0 Å². The summed E-state index contributed by atoms with van der Waals surface area (Å²) in [5.74, 6) is -11.5. The van der Waals surface area contributed by atoms with E-state index < -0.39 is 80.6 Å². The van der Waals surface area contributed by atoms with E-state index in [0.29, 0.717) is 35.2 Å². The maximum Gasteiger partial charge on any atom is 0.422 e. The SMILES string of the molecule is CCCC(F)=C(F)c1ccc(-c2ccc(-c3cc(F)c(-c4cc(F)c(-c5cc(F)c(C(F)(F)F)c(F)c5)c(F)c4)c(F)c3)cc2)cc1. The van der Waals surface area contributed by atoms with E-state index in [1.165, 1.54) is 12.1 Å². The van der Waals surface area contributed by atoms with E-state index in [0.717, 1.165) is 12.1 Å². The predicted molar refractivity (Wildman–Crippen MR) is 157 cm³/mol. The Morgan fingerprint density at radius 1 is 0.489 bits per heavy atom. The summed E-state index contributed by atoms with van der Waals surface area (Å²) in [7, 11) is 0. The van der Waals surface area contributed by atoms with Crippen LogP contribution in [0.1, 0.15) is 30.9 Å². The first kappa shape index (κ1) is 33.4. The molecular formula is C36H21F11. The maximum absolute atomic E-state index is 15.2. The fourth-order valence-corrected chi connectivity index (χ4v) is 5.15. The molecule has 0 saturated heterocycles. The minimum atomic E-state index is -5.40. The van der Waals surface area contributed by atoms with Crippen LogP contribution in [-0.2, 0) is 6.18 Å². The van der Waals surface area contributed by atoms with Gasteiger partial charge in [0.25, 0.3) is 0 Å². The number of allylic oxidation sites excluding steroid dienone is 1. The van der Waals surface area contributed by atoms with Gasteiger partial charge in [-0.3, -0.25) is 0 Å². The highest BCUT2D eigenvalue weighted by molar-refractivity contribution is 5.77. The fourth-order valence-electron chi connectivity index (χ4n) is 5.15. The van der Waals surface area contributed by atoms with Gasteiger partial charge in [0.2, 0.25) is 0 Å². The van der Waals surface area contributed by atoms with E-state index >= 15 is 17.6 Å². The van der Waals surface area contributed by atoms with Crippen molar-refractivity contribution in [3.63, 3.8) is 0 Å². The molecular weight excluding hydrogens is 641 g/mol. The molecule has 0 fully saturated rings. The van der Waals surface area contributed by atoms with E-state index in [1.807, 2.05) is 0 Å². The minimum Gasteiger partial charge on any atom is -0.209 e. The number of halogens is 11. The molecule has 0 radical (unpaired) electrons. The molecule has 0 bridgehead atoms. The summed E-state index contributed by atoms with van der Waals surface area (Å²) in [6, 6.07) is 15.4. The molecule has 11 heteroatoms. The highest BCUT2D eigenvalue weighted by atomic mass is 19.4. The third-order valence-electron chi connectivity index (χ3n) is 7.38. The van der Waals surface area contributed by atoms with Gasteiger partial charge in [-0.15, -0.1) is 0 Å². The van der Waals surface area contributed by atoms with Crippen LogP contribution in [0.3, 0.4) is 0 Å². The lowest BCUT2D eigenvalue weighted by Crippen LogP contribution is -2.11. The van der Waals surface area contributed by atoms with Gasteiger partial charge < -0.3 is 0 Å². The quantitative estimate of drug-likeness (QED) is 0.152. The number of hydrogen-bond donors (Lipinski definition) is 0. The lowest BCUT2D eigenvalue weighted by molar-refractivity contribution is -0.142. The van der Waals surface area contributed by atoms with Crippen LogP contribution in [0.15, 0.2) is 90.8 Å². The van der Waals surface area contributed by atoms with Gasteiger partial charge in [-0.25, -0.2) is 35.1 Å². The van der Waals surface area contributed by atoms with Crippen molar-refractivity contribution < 1.29 is 48.3 Å². The number of alkyl halides is 3. The molecule has 0 atom stereocenters. The minimum absolute atomic E-state index is 0.0201. The van der Waals surface area contributed by atoms with Crippen LogP contribution < -0.4 is 0 Å². The molecule has 0 aliphatic carbocycles. The van der Waals surface area contributed by atoms with E-state index in [4.69, 9.17) is 0 Å². The van der Waals surface area contributed by atoms with Crippen molar-refractivity contribution in [2.45, 2.75) is 25.9 Å². The monoisotopic (exact) mass is 662 g/mol. The molecule has 0 amide bonds. The summed E-state index contributed by atoms with van der Waals surface area (Å²) in [5.41, 5.74) is -3.83. The van der Waals surface area contributed by atoms with Crippen molar-refractivity contribution in [1.82, 2.24) is 0 Å². The predicted octanol–water partition coefficient (Wildman–Crippen LogP) is 12.6. The molecule has 5 aromatic carbocycles. The summed E-state index contributed by atoms with van der Waals surface area (Å²) in [4.78, 5) is 0. The average Bonchev–Trinajstić information content (AvgIpc) is 2.99. The zero-order chi connectivity index (χ0) is 34.2. The molecule has 5 rings (SSSR count). The largest absolute Gasteiger partial charge is 0.422 e. The van der Waals surface area contributed by atoms with Crippen molar-refractivity contribution in [3.05, 3.63) is 137 Å². The van der Waals surface area contributed by atoms with Crippen molar-refractivity contribution in [2.75, 3.05) is 0 Å². The van der Waals surface area contributed by atoms with Gasteiger partial charge in [-0.2, -0.15) is 13.2 Å². The Morgan fingerprint density at radius 2 is 0.830 bits per heavy atom. The summed E-state index contributed by atoms with van der Waals surface area (Å²) in [6.07, 6.45) is -4.97. The lowest BCUT2D eigenvalue weighted by atomic mass is 9.95. The van der Waals surface area contributed by atoms with Crippen molar-refractivity contribution in [3.8, 4) is 44.5 Å². The smallest absolute Gasteiger partial charge is 0.209 e. The normalized spacial score (nSPS) is 12.3. The van der Waals surface area contributed by atoms with Crippen LogP contribution in [0, 0.1) is 34.9 Å². The van der Waals surface area contributed by atoms with Gasteiger partial charge in [-0.05, 0) is 76.2 Å². The molecule has 0 aliphatic heterocycles. The summed E-state index contributed by atoms with van der Waals surface area (Å²) >= 11 is 0. The Kier molecular flexibility index (Phi) is 9.29. The van der Waals surface area contributed by atoms with Crippen LogP contribution >= 0.6 is 0 Å². The van der Waals surface area contributed by atoms with Crippen molar-refractivity contribution in [2.24, 2.45) is 0 Å². The maximum atomic E-state index is 15.2. The molecule has 47 heavy (non-hydrogen) atoms. The molecule has 0 unspecified atom stereocenters. The second kappa shape index (κ2) is 13.1. The molecule has 0 nitrogen and oxygen atoms in total. The number of benzene rings is 5. The summed E-state index contributed by atoms with van der Waals surface area (Å²) in [5, 5.41) is 0. The van der Waals surface area contributed by atoms with Crippen molar-refractivity contribution in [1.29, 1.82) is 0 Å². The Morgan fingerprint density at radius 3 is 1.21 bits per heavy atom. The van der Waals surface area contributed by atoms with E-state index in [9.17, 15) is 30.7 Å². The van der Waals surface area contributed by atoms with Gasteiger partial charge in [0.1, 0.15) is 46.3 Å². The highest BCUT2D eigenvalue weighted by Crippen LogP contribution is 2.39. The fraction of sp³-hybridized carbons (Fsp3) is 0.111. The van der Waals surface area contributed by atoms with Crippen LogP contribution in [-0.4, -0.2) is 0 Å².